The van der Waals surface area contributed by atoms with E-state index in [1.807, 2.05) is 12.1 Å². The number of hydrogen-bond donors (Lipinski definition) is 1. The third-order valence-electron chi connectivity index (χ3n) is 5.72. The molecule has 0 aliphatic carbocycles. The number of benzene rings is 2. The summed E-state index contributed by atoms with van der Waals surface area (Å²) in [5.74, 6) is -0.227. The minimum absolute atomic E-state index is 0.227. The summed E-state index contributed by atoms with van der Waals surface area (Å²) in [4.78, 5) is 15.3. The van der Waals surface area contributed by atoms with Gasteiger partial charge in [0.25, 0.3) is 5.91 Å². The van der Waals surface area contributed by atoms with E-state index in [-0.39, 0.29) is 5.91 Å². The number of sulfonamides is 1. The summed E-state index contributed by atoms with van der Waals surface area (Å²) in [5, 5.41) is 3.59. The maximum atomic E-state index is 13.0. The van der Waals surface area contributed by atoms with Crippen molar-refractivity contribution in [3.05, 3.63) is 52.5 Å². The van der Waals surface area contributed by atoms with Gasteiger partial charge in [-0.2, -0.15) is 0 Å². The molecule has 1 saturated heterocycles. The van der Waals surface area contributed by atoms with Gasteiger partial charge in [-0.1, -0.05) is 11.6 Å². The fraction of sp³-hybridized carbons (Fsp3) is 0.409. The zero-order valence-corrected chi connectivity index (χ0v) is 18.6. The number of nitrogens with zero attached hydrogens (tertiary/aromatic N) is 2. The third-order valence-corrected chi connectivity index (χ3v) is 7.14. The van der Waals surface area contributed by atoms with Gasteiger partial charge in [0, 0.05) is 30.2 Å². The zero-order valence-electron chi connectivity index (χ0n) is 17.0. The number of hydrogen-bond acceptors (Lipinski definition) is 4. The van der Waals surface area contributed by atoms with Crippen LogP contribution in [0.1, 0.15) is 41.6 Å². The molecule has 0 atom stereocenters. The number of nitrogens with one attached hydrogen (secondary N) is 1. The Labute approximate surface area is 182 Å². The molecule has 1 N–H and O–H groups in total. The molecule has 0 radical (unpaired) electrons. The van der Waals surface area contributed by atoms with Crippen LogP contribution in [0.15, 0.2) is 36.4 Å². The third kappa shape index (κ3) is 4.42. The molecule has 1 amide bonds. The fourth-order valence-corrected chi connectivity index (χ4v) is 5.43. The topological polar surface area (TPSA) is 69.7 Å². The number of carbonyl (C=O) groups excluding carboxylic acids is 1. The number of fused-ring (bicyclic) bond motifs is 1. The highest BCUT2D eigenvalue weighted by molar-refractivity contribution is 7.92. The van der Waals surface area contributed by atoms with Crippen molar-refractivity contribution in [2.45, 2.75) is 32.1 Å². The number of anilines is 3. The molecule has 0 aromatic heterocycles. The van der Waals surface area contributed by atoms with Crippen molar-refractivity contribution in [2.75, 3.05) is 40.4 Å². The average Bonchev–Trinajstić information content (AvgIpc) is 2.73. The highest BCUT2D eigenvalue weighted by Gasteiger charge is 2.25. The smallest absolute Gasteiger partial charge is 0.255 e. The molecule has 2 heterocycles. The molecular formula is C22H26ClN3O3S. The molecule has 2 aromatic carbocycles. The van der Waals surface area contributed by atoms with Crippen molar-refractivity contribution in [1.82, 2.24) is 0 Å². The minimum atomic E-state index is -3.33. The van der Waals surface area contributed by atoms with Gasteiger partial charge in [-0.3, -0.25) is 9.10 Å². The van der Waals surface area contributed by atoms with E-state index < -0.39 is 10.0 Å². The largest absolute Gasteiger partial charge is 0.370 e. The summed E-state index contributed by atoms with van der Waals surface area (Å²) in [5.41, 5.74) is 3.73. The predicted octanol–water partition coefficient (Wildman–Crippen LogP) is 4.29. The lowest BCUT2D eigenvalue weighted by atomic mass is 10.0. The quantitative estimate of drug-likeness (QED) is 0.758. The van der Waals surface area contributed by atoms with E-state index in [1.165, 1.54) is 17.0 Å². The van der Waals surface area contributed by atoms with Crippen LogP contribution < -0.4 is 14.5 Å². The molecule has 160 valence electrons. The van der Waals surface area contributed by atoms with Gasteiger partial charge in [0.05, 0.1) is 23.3 Å². The number of halogens is 1. The van der Waals surface area contributed by atoms with Crippen molar-refractivity contribution in [1.29, 1.82) is 0 Å². The number of rotatable bonds is 4. The maximum absolute atomic E-state index is 13.0. The van der Waals surface area contributed by atoms with Gasteiger partial charge in [0.15, 0.2) is 0 Å². The molecule has 8 heteroatoms. The molecule has 1 fully saturated rings. The molecule has 2 aliphatic heterocycles. The lowest BCUT2D eigenvalue weighted by Gasteiger charge is -2.31. The number of piperidine rings is 1. The van der Waals surface area contributed by atoms with Crippen LogP contribution in [0.25, 0.3) is 0 Å². The molecular weight excluding hydrogens is 422 g/mol. The Balaban J connectivity index is 1.60. The molecule has 0 unspecified atom stereocenters. The van der Waals surface area contributed by atoms with Gasteiger partial charge in [-0.05, 0) is 74.1 Å². The Hall–Kier alpha value is -2.25. The Morgan fingerprint density at radius 3 is 2.43 bits per heavy atom. The molecule has 0 spiro atoms. The van der Waals surface area contributed by atoms with Crippen LogP contribution in [-0.2, 0) is 16.4 Å². The first-order valence-corrected chi connectivity index (χ1v) is 12.5. The Kier molecular flexibility index (Phi) is 5.93. The average molecular weight is 448 g/mol. The molecule has 6 nitrogen and oxygen atoms in total. The summed E-state index contributed by atoms with van der Waals surface area (Å²) in [6.45, 7) is 2.40. The molecule has 30 heavy (non-hydrogen) atoms. The number of aryl methyl sites for hydroxylation is 1. The second-order valence-electron chi connectivity index (χ2n) is 7.95. The van der Waals surface area contributed by atoms with E-state index in [2.05, 4.69) is 10.2 Å². The van der Waals surface area contributed by atoms with E-state index in [9.17, 15) is 13.2 Å². The van der Waals surface area contributed by atoms with Crippen LogP contribution in [0.3, 0.4) is 0 Å². The molecule has 2 aromatic rings. The summed E-state index contributed by atoms with van der Waals surface area (Å²) < 4.78 is 25.5. The van der Waals surface area contributed by atoms with E-state index in [0.29, 0.717) is 28.5 Å². The van der Waals surface area contributed by atoms with E-state index in [4.69, 9.17) is 11.6 Å². The van der Waals surface area contributed by atoms with Gasteiger partial charge in [-0.25, -0.2) is 8.42 Å². The van der Waals surface area contributed by atoms with Crippen LogP contribution in [0, 0.1) is 0 Å². The second-order valence-corrected chi connectivity index (χ2v) is 10.3. The van der Waals surface area contributed by atoms with Gasteiger partial charge >= 0.3 is 0 Å². The van der Waals surface area contributed by atoms with Crippen molar-refractivity contribution < 1.29 is 13.2 Å². The first-order chi connectivity index (χ1) is 14.3. The standard InChI is InChI=1S/C22H26ClN3O3S/c1-30(28,29)26-13-5-6-16-14-17(7-9-20(16)26)22(27)24-19-15-18(23)8-10-21(19)25-11-3-2-4-12-25/h7-10,14-15H,2-6,11-13H2,1H3,(H,24,27). The van der Waals surface area contributed by atoms with Crippen molar-refractivity contribution in [3.8, 4) is 0 Å². The summed E-state index contributed by atoms with van der Waals surface area (Å²) in [7, 11) is -3.33. The predicted molar refractivity (Wildman–Crippen MR) is 122 cm³/mol. The van der Waals surface area contributed by atoms with E-state index in [0.717, 1.165) is 50.0 Å². The lowest BCUT2D eigenvalue weighted by Crippen LogP contribution is -2.34. The first-order valence-electron chi connectivity index (χ1n) is 10.3. The van der Waals surface area contributed by atoms with Crippen LogP contribution >= 0.6 is 11.6 Å². The maximum Gasteiger partial charge on any atom is 0.255 e. The Morgan fingerprint density at radius 1 is 0.967 bits per heavy atom. The monoisotopic (exact) mass is 447 g/mol. The van der Waals surface area contributed by atoms with Crippen LogP contribution in [0.2, 0.25) is 5.02 Å². The van der Waals surface area contributed by atoms with Gasteiger partial charge < -0.3 is 10.2 Å². The SMILES string of the molecule is CS(=O)(=O)N1CCCc2cc(C(=O)Nc3cc(Cl)ccc3N3CCCCC3)ccc21. The summed E-state index contributed by atoms with van der Waals surface area (Å²) in [6, 6.07) is 10.8. The molecule has 0 bridgehead atoms. The van der Waals surface area contributed by atoms with E-state index >= 15 is 0 Å². The lowest BCUT2D eigenvalue weighted by molar-refractivity contribution is 0.102. The fourth-order valence-electron chi connectivity index (χ4n) is 4.26. The summed E-state index contributed by atoms with van der Waals surface area (Å²) in [6.07, 6.45) is 6.20. The van der Waals surface area contributed by atoms with Crippen molar-refractivity contribution in [2.24, 2.45) is 0 Å². The normalized spacial score (nSPS) is 16.9. The first kappa shape index (κ1) is 21.0. The number of carbonyl (C=O) groups is 1. The molecule has 4 rings (SSSR count). The van der Waals surface area contributed by atoms with Crippen molar-refractivity contribution >= 4 is 44.6 Å². The van der Waals surface area contributed by atoms with Crippen LogP contribution in [0.4, 0.5) is 17.1 Å². The number of amides is 1. The minimum Gasteiger partial charge on any atom is -0.370 e. The van der Waals surface area contributed by atoms with Gasteiger partial charge in [0.1, 0.15) is 0 Å². The highest BCUT2D eigenvalue weighted by Crippen LogP contribution is 2.33. The van der Waals surface area contributed by atoms with Crippen molar-refractivity contribution in [3.63, 3.8) is 0 Å². The van der Waals surface area contributed by atoms with Gasteiger partial charge in [0.2, 0.25) is 10.0 Å². The van der Waals surface area contributed by atoms with Crippen LogP contribution in [0.5, 0.6) is 0 Å². The Morgan fingerprint density at radius 2 is 1.70 bits per heavy atom. The highest BCUT2D eigenvalue weighted by atomic mass is 35.5. The zero-order chi connectivity index (χ0) is 21.3. The summed E-state index contributed by atoms with van der Waals surface area (Å²) >= 11 is 6.21. The molecule has 0 saturated carbocycles. The molecule has 2 aliphatic rings. The van der Waals surface area contributed by atoms with E-state index in [1.54, 1.807) is 24.3 Å². The van der Waals surface area contributed by atoms with Crippen LogP contribution in [-0.4, -0.2) is 40.2 Å². The second kappa shape index (κ2) is 8.47. The Bertz CT molecular complexity index is 1070. The van der Waals surface area contributed by atoms with Gasteiger partial charge in [-0.15, -0.1) is 0 Å².